The Bertz CT molecular complexity index is 1030. The van der Waals surface area contributed by atoms with Crippen molar-refractivity contribution in [1.82, 2.24) is 8.96 Å². The second-order valence-electron chi connectivity index (χ2n) is 6.18. The monoisotopic (exact) mass is 434 g/mol. The first-order chi connectivity index (χ1) is 12.3. The number of hydrogen-bond acceptors (Lipinski definition) is 4. The molecule has 0 N–H and O–H groups in total. The average Bonchev–Trinajstić information content (AvgIpc) is 3.07. The molecule has 0 aliphatic rings. The molecular formula is C19H19BrN2O3S. The van der Waals surface area contributed by atoms with E-state index in [1.165, 1.54) is 16.4 Å². The quantitative estimate of drug-likeness (QED) is 0.586. The van der Waals surface area contributed by atoms with Gasteiger partial charge in [0.1, 0.15) is 5.75 Å². The van der Waals surface area contributed by atoms with Gasteiger partial charge in [0, 0.05) is 18.0 Å². The van der Waals surface area contributed by atoms with E-state index in [1.54, 1.807) is 42.5 Å². The molecule has 0 radical (unpaired) electrons. The Kier molecular flexibility index (Phi) is 5.20. The van der Waals surface area contributed by atoms with Gasteiger partial charge in [-0.25, -0.2) is 17.4 Å². The summed E-state index contributed by atoms with van der Waals surface area (Å²) in [6.45, 7) is 5.81. The Morgan fingerprint density at radius 3 is 2.42 bits per heavy atom. The van der Waals surface area contributed by atoms with E-state index < -0.39 is 10.0 Å². The molecule has 0 aliphatic heterocycles. The minimum atomic E-state index is -3.73. The zero-order chi connectivity index (χ0) is 18.9. The standard InChI is InChI=1S/C19H19BrN2O3S/c1-13(2)25-18-9-6-15(12-17(18)20)19-21-10-11-22(19)26(23,24)16-7-4-14(3)5-8-16/h4-13H,1-3H3. The molecule has 0 saturated carbocycles. The van der Waals surface area contributed by atoms with Crippen molar-refractivity contribution in [3.8, 4) is 17.1 Å². The second-order valence-corrected chi connectivity index (χ2v) is 8.85. The van der Waals surface area contributed by atoms with Crippen LogP contribution in [0.25, 0.3) is 11.4 Å². The molecule has 0 aliphatic carbocycles. The van der Waals surface area contributed by atoms with Crippen LogP contribution in [0.2, 0.25) is 0 Å². The van der Waals surface area contributed by atoms with E-state index in [2.05, 4.69) is 20.9 Å². The molecule has 5 nitrogen and oxygen atoms in total. The van der Waals surface area contributed by atoms with Gasteiger partial charge in [-0.1, -0.05) is 17.7 Å². The summed E-state index contributed by atoms with van der Waals surface area (Å²) in [5.74, 6) is 1.05. The van der Waals surface area contributed by atoms with Gasteiger partial charge >= 0.3 is 0 Å². The van der Waals surface area contributed by atoms with E-state index in [-0.39, 0.29) is 11.0 Å². The van der Waals surface area contributed by atoms with Gasteiger partial charge in [-0.3, -0.25) is 0 Å². The first-order valence-corrected chi connectivity index (χ1v) is 10.3. The van der Waals surface area contributed by atoms with Crippen LogP contribution in [-0.2, 0) is 10.0 Å². The average molecular weight is 435 g/mol. The van der Waals surface area contributed by atoms with E-state index in [9.17, 15) is 8.42 Å². The Morgan fingerprint density at radius 1 is 1.12 bits per heavy atom. The molecule has 7 heteroatoms. The van der Waals surface area contributed by atoms with E-state index in [0.717, 1.165) is 10.0 Å². The molecular weight excluding hydrogens is 416 g/mol. The van der Waals surface area contributed by atoms with Gasteiger partial charge in [0.15, 0.2) is 5.82 Å². The van der Waals surface area contributed by atoms with Crippen LogP contribution >= 0.6 is 15.9 Å². The second kappa shape index (κ2) is 7.25. The van der Waals surface area contributed by atoms with E-state index in [0.29, 0.717) is 17.1 Å². The Morgan fingerprint density at radius 2 is 1.81 bits per heavy atom. The molecule has 1 heterocycles. The number of hydrogen-bond donors (Lipinski definition) is 0. The van der Waals surface area contributed by atoms with Crippen LogP contribution in [0.5, 0.6) is 5.75 Å². The van der Waals surface area contributed by atoms with Crippen LogP contribution < -0.4 is 4.74 Å². The first-order valence-electron chi connectivity index (χ1n) is 8.11. The van der Waals surface area contributed by atoms with Gasteiger partial charge < -0.3 is 4.74 Å². The number of nitrogens with zero attached hydrogens (tertiary/aromatic N) is 2. The molecule has 0 saturated heterocycles. The minimum absolute atomic E-state index is 0.0426. The SMILES string of the molecule is Cc1ccc(S(=O)(=O)n2ccnc2-c2ccc(OC(C)C)c(Br)c2)cc1. The zero-order valence-electron chi connectivity index (χ0n) is 14.7. The van der Waals surface area contributed by atoms with Crippen LogP contribution in [0.3, 0.4) is 0 Å². The van der Waals surface area contributed by atoms with Crippen molar-refractivity contribution in [3.63, 3.8) is 0 Å². The summed E-state index contributed by atoms with van der Waals surface area (Å²) in [6, 6.07) is 12.2. The fourth-order valence-corrected chi connectivity index (χ4v) is 4.28. The number of benzene rings is 2. The van der Waals surface area contributed by atoms with E-state index >= 15 is 0 Å². The summed E-state index contributed by atoms with van der Waals surface area (Å²) in [5, 5.41) is 0. The molecule has 0 atom stereocenters. The fourth-order valence-electron chi connectivity index (χ4n) is 2.50. The molecule has 0 fully saturated rings. The van der Waals surface area contributed by atoms with Crippen LogP contribution in [-0.4, -0.2) is 23.5 Å². The van der Waals surface area contributed by atoms with Crippen molar-refractivity contribution < 1.29 is 13.2 Å². The van der Waals surface area contributed by atoms with Gasteiger partial charge in [-0.15, -0.1) is 0 Å². The third kappa shape index (κ3) is 3.68. The molecule has 1 aromatic heterocycles. The maximum absolute atomic E-state index is 13.0. The predicted molar refractivity (Wildman–Crippen MR) is 105 cm³/mol. The fraction of sp³-hybridized carbons (Fsp3) is 0.211. The Balaban J connectivity index is 2.04. The zero-order valence-corrected chi connectivity index (χ0v) is 17.1. The maximum Gasteiger partial charge on any atom is 0.269 e. The van der Waals surface area contributed by atoms with Crippen LogP contribution in [0.4, 0.5) is 0 Å². The third-order valence-corrected chi connectivity index (χ3v) is 6.04. The minimum Gasteiger partial charge on any atom is -0.490 e. The third-order valence-electron chi connectivity index (χ3n) is 3.74. The number of halogens is 1. The van der Waals surface area contributed by atoms with Crippen LogP contribution in [0.1, 0.15) is 19.4 Å². The Labute approximate surface area is 161 Å². The molecule has 3 aromatic rings. The predicted octanol–water partition coefficient (Wildman–Crippen LogP) is 4.65. The normalized spacial score (nSPS) is 11.7. The van der Waals surface area contributed by atoms with Gasteiger partial charge in [0.25, 0.3) is 10.0 Å². The van der Waals surface area contributed by atoms with Crippen molar-refractivity contribution in [3.05, 3.63) is 64.9 Å². The number of imidazole rings is 1. The summed E-state index contributed by atoms with van der Waals surface area (Å²) in [7, 11) is -3.73. The number of aryl methyl sites for hydroxylation is 1. The van der Waals surface area contributed by atoms with Crippen molar-refractivity contribution >= 4 is 26.0 Å². The lowest BCUT2D eigenvalue weighted by Gasteiger charge is -2.13. The molecule has 3 rings (SSSR count). The molecule has 2 aromatic carbocycles. The van der Waals surface area contributed by atoms with Crippen LogP contribution in [0.15, 0.2) is 64.2 Å². The van der Waals surface area contributed by atoms with E-state index in [4.69, 9.17) is 4.74 Å². The van der Waals surface area contributed by atoms with Crippen molar-refractivity contribution in [1.29, 1.82) is 0 Å². The van der Waals surface area contributed by atoms with Crippen molar-refractivity contribution in [2.45, 2.75) is 31.8 Å². The summed E-state index contributed by atoms with van der Waals surface area (Å²) in [4.78, 5) is 4.47. The summed E-state index contributed by atoms with van der Waals surface area (Å²) in [6.07, 6.45) is 2.98. The molecule has 0 bridgehead atoms. The highest BCUT2D eigenvalue weighted by atomic mass is 79.9. The highest BCUT2D eigenvalue weighted by Gasteiger charge is 2.21. The molecule has 26 heavy (non-hydrogen) atoms. The summed E-state index contributed by atoms with van der Waals surface area (Å²) >= 11 is 3.48. The molecule has 136 valence electrons. The number of aromatic nitrogens is 2. The molecule has 0 amide bonds. The topological polar surface area (TPSA) is 61.2 Å². The summed E-state index contributed by atoms with van der Waals surface area (Å²) in [5.41, 5.74) is 1.67. The maximum atomic E-state index is 13.0. The Hall–Kier alpha value is -2.12. The lowest BCUT2D eigenvalue weighted by atomic mass is 10.2. The highest BCUT2D eigenvalue weighted by Crippen LogP contribution is 2.32. The smallest absolute Gasteiger partial charge is 0.269 e. The number of ether oxygens (including phenoxy) is 1. The van der Waals surface area contributed by atoms with Crippen molar-refractivity contribution in [2.75, 3.05) is 0 Å². The number of rotatable bonds is 5. The van der Waals surface area contributed by atoms with Gasteiger partial charge in [0.05, 0.1) is 15.5 Å². The lowest BCUT2D eigenvalue weighted by Crippen LogP contribution is -2.13. The van der Waals surface area contributed by atoms with E-state index in [1.807, 2.05) is 20.8 Å². The van der Waals surface area contributed by atoms with Crippen LogP contribution in [0, 0.1) is 6.92 Å². The molecule has 0 spiro atoms. The summed E-state index contributed by atoms with van der Waals surface area (Å²) < 4.78 is 33.6. The highest BCUT2D eigenvalue weighted by molar-refractivity contribution is 9.10. The van der Waals surface area contributed by atoms with Gasteiger partial charge in [0.2, 0.25) is 0 Å². The van der Waals surface area contributed by atoms with Crippen molar-refractivity contribution in [2.24, 2.45) is 0 Å². The largest absolute Gasteiger partial charge is 0.490 e. The van der Waals surface area contributed by atoms with Gasteiger partial charge in [-0.2, -0.15) is 0 Å². The molecule has 0 unspecified atom stereocenters. The van der Waals surface area contributed by atoms with Gasteiger partial charge in [-0.05, 0) is 67.0 Å². The lowest BCUT2D eigenvalue weighted by molar-refractivity contribution is 0.241. The first kappa shape index (κ1) is 18.7.